The molecule has 5 aromatic rings. The minimum absolute atomic E-state index is 0.331. The van der Waals surface area contributed by atoms with E-state index in [-0.39, 0.29) is 11.2 Å². The molecule has 0 atom stereocenters. The molecule has 0 saturated heterocycles. The summed E-state index contributed by atoms with van der Waals surface area (Å²) in [6.07, 6.45) is 0. The first kappa shape index (κ1) is 24.5. The van der Waals surface area contributed by atoms with Crippen molar-refractivity contribution in [2.45, 2.75) is 33.1 Å². The minimum Gasteiger partial charge on any atom is -0.317 e. The van der Waals surface area contributed by atoms with Crippen LogP contribution in [0.4, 0.5) is 0 Å². The van der Waals surface area contributed by atoms with Gasteiger partial charge in [-0.2, -0.15) is 0 Å². The fourth-order valence-electron chi connectivity index (χ4n) is 4.83. The van der Waals surface area contributed by atoms with Crippen LogP contribution in [0.5, 0.6) is 0 Å². The summed E-state index contributed by atoms with van der Waals surface area (Å²) in [6, 6.07) is 28.9. The second-order valence-electron chi connectivity index (χ2n) is 9.60. The molecule has 188 valence electrons. The zero-order chi connectivity index (χ0) is 25.9. The summed E-state index contributed by atoms with van der Waals surface area (Å²) < 4.78 is 4.60. The lowest BCUT2D eigenvalue weighted by Crippen LogP contribution is -2.37. The second-order valence-corrected chi connectivity index (χ2v) is 9.60. The number of aryl methyl sites for hydroxylation is 2. The Labute approximate surface area is 215 Å². The maximum Gasteiger partial charge on any atom is 0.332 e. The van der Waals surface area contributed by atoms with Crippen molar-refractivity contribution >= 4 is 11.2 Å². The second kappa shape index (κ2) is 10.4. The molecule has 0 unspecified atom stereocenters. The van der Waals surface area contributed by atoms with Crippen molar-refractivity contribution in [1.82, 2.24) is 23.6 Å². The van der Waals surface area contributed by atoms with E-state index in [1.807, 2.05) is 47.0 Å². The average Bonchev–Trinajstić information content (AvgIpc) is 3.25. The van der Waals surface area contributed by atoms with Crippen LogP contribution in [-0.4, -0.2) is 23.6 Å². The smallest absolute Gasteiger partial charge is 0.317 e. The van der Waals surface area contributed by atoms with Crippen LogP contribution in [0.3, 0.4) is 0 Å². The van der Waals surface area contributed by atoms with E-state index in [9.17, 15) is 9.59 Å². The maximum absolute atomic E-state index is 13.3. The molecule has 0 amide bonds. The summed E-state index contributed by atoms with van der Waals surface area (Å²) in [5, 5.41) is 0. The summed E-state index contributed by atoms with van der Waals surface area (Å²) in [4.78, 5) is 33.2. The van der Waals surface area contributed by atoms with Crippen molar-refractivity contribution in [3.8, 4) is 0 Å². The number of benzene rings is 3. The molecule has 37 heavy (non-hydrogen) atoms. The van der Waals surface area contributed by atoms with E-state index in [0.29, 0.717) is 24.3 Å². The van der Waals surface area contributed by atoms with Gasteiger partial charge in [0.15, 0.2) is 11.2 Å². The van der Waals surface area contributed by atoms with Crippen molar-refractivity contribution in [3.05, 3.63) is 134 Å². The molecule has 2 heterocycles. The highest BCUT2D eigenvalue weighted by molar-refractivity contribution is 5.71. The molecule has 3 aromatic carbocycles. The largest absolute Gasteiger partial charge is 0.332 e. The van der Waals surface area contributed by atoms with E-state index < -0.39 is 0 Å². The van der Waals surface area contributed by atoms with E-state index in [1.54, 1.807) is 7.05 Å². The third-order valence-corrected chi connectivity index (χ3v) is 6.71. The summed E-state index contributed by atoms with van der Waals surface area (Å²) in [6.45, 7) is 4.51. The van der Waals surface area contributed by atoms with Gasteiger partial charge in [0.25, 0.3) is 5.56 Å². The number of fused-ring (bicyclic) bond motifs is 1. The highest BCUT2D eigenvalue weighted by Gasteiger charge is 2.21. The van der Waals surface area contributed by atoms with Crippen LogP contribution in [-0.2, 0) is 40.3 Å². The van der Waals surface area contributed by atoms with E-state index in [1.165, 1.54) is 22.7 Å². The van der Waals surface area contributed by atoms with Crippen LogP contribution in [0.2, 0.25) is 0 Å². The quantitative estimate of drug-likeness (QED) is 0.328. The predicted molar refractivity (Wildman–Crippen MR) is 146 cm³/mol. The lowest BCUT2D eigenvalue weighted by molar-refractivity contribution is 0.238. The fraction of sp³-hybridized carbons (Fsp3) is 0.233. The molecule has 7 heteroatoms. The Morgan fingerprint density at radius 1 is 0.730 bits per heavy atom. The van der Waals surface area contributed by atoms with E-state index in [4.69, 9.17) is 4.98 Å². The van der Waals surface area contributed by atoms with Crippen LogP contribution in [0.1, 0.15) is 28.1 Å². The number of hydrogen-bond acceptors (Lipinski definition) is 4. The molecule has 0 aliphatic heterocycles. The van der Waals surface area contributed by atoms with Gasteiger partial charge >= 0.3 is 5.69 Å². The molecule has 0 fully saturated rings. The van der Waals surface area contributed by atoms with Crippen molar-refractivity contribution < 1.29 is 0 Å². The van der Waals surface area contributed by atoms with E-state index in [2.05, 4.69) is 54.3 Å². The topological polar surface area (TPSA) is 65.1 Å². The number of rotatable bonds is 8. The molecule has 0 spiro atoms. The first-order valence-electron chi connectivity index (χ1n) is 12.4. The van der Waals surface area contributed by atoms with E-state index in [0.717, 1.165) is 34.6 Å². The van der Waals surface area contributed by atoms with Gasteiger partial charge in [-0.25, -0.2) is 9.78 Å². The molecule has 2 aromatic heterocycles. The number of hydrogen-bond donors (Lipinski definition) is 0. The maximum atomic E-state index is 13.3. The van der Waals surface area contributed by atoms with Crippen molar-refractivity contribution in [2.24, 2.45) is 14.1 Å². The first-order chi connectivity index (χ1) is 17.9. The van der Waals surface area contributed by atoms with Gasteiger partial charge in [0.05, 0.1) is 6.54 Å². The Balaban J connectivity index is 1.62. The lowest BCUT2D eigenvalue weighted by Gasteiger charge is -2.23. The number of nitrogens with zero attached hydrogens (tertiary/aromatic N) is 5. The summed E-state index contributed by atoms with van der Waals surface area (Å²) in [5.41, 5.74) is 4.77. The number of imidazole rings is 1. The van der Waals surface area contributed by atoms with Crippen molar-refractivity contribution in [2.75, 3.05) is 0 Å². The highest BCUT2D eigenvalue weighted by atomic mass is 16.2. The van der Waals surface area contributed by atoms with Crippen LogP contribution < -0.4 is 11.2 Å². The summed E-state index contributed by atoms with van der Waals surface area (Å²) >= 11 is 0. The summed E-state index contributed by atoms with van der Waals surface area (Å²) in [5.74, 6) is 0.752. The van der Waals surface area contributed by atoms with Crippen LogP contribution in [0.15, 0.2) is 94.5 Å². The molecule has 0 aliphatic rings. The van der Waals surface area contributed by atoms with Gasteiger partial charge < -0.3 is 4.57 Å². The molecule has 0 N–H and O–H groups in total. The zero-order valence-electron chi connectivity index (χ0n) is 21.5. The van der Waals surface area contributed by atoms with Gasteiger partial charge in [0, 0.05) is 33.7 Å². The molecule has 0 saturated carbocycles. The molecular formula is C30H31N5O2. The number of aromatic nitrogens is 4. The van der Waals surface area contributed by atoms with Crippen LogP contribution in [0, 0.1) is 6.92 Å². The minimum atomic E-state index is -0.380. The standard InChI is InChI=1S/C30H31N5O2/c1-22-11-10-16-25(17-22)20-35-26(31-28-27(35)29(36)33(3)30(37)32(28)2)21-34(18-23-12-6-4-7-13-23)19-24-14-8-5-9-15-24/h4-17H,18-21H2,1-3H3. The SMILES string of the molecule is Cc1cccc(Cn2c(CN(Cc3ccccc3)Cc3ccccc3)nc3c2c(=O)n(C)c(=O)n3C)c1. The molecular weight excluding hydrogens is 462 g/mol. The predicted octanol–water partition coefficient (Wildman–Crippen LogP) is 3.99. The molecule has 5 rings (SSSR count). The summed E-state index contributed by atoms with van der Waals surface area (Å²) in [7, 11) is 3.19. The molecule has 0 aliphatic carbocycles. The van der Waals surface area contributed by atoms with Gasteiger partial charge in [-0.15, -0.1) is 0 Å². The van der Waals surface area contributed by atoms with Gasteiger partial charge in [0.2, 0.25) is 0 Å². The monoisotopic (exact) mass is 493 g/mol. The van der Waals surface area contributed by atoms with Gasteiger partial charge in [-0.3, -0.25) is 18.8 Å². The van der Waals surface area contributed by atoms with Gasteiger partial charge in [-0.1, -0.05) is 90.5 Å². The first-order valence-corrected chi connectivity index (χ1v) is 12.4. The molecule has 7 nitrogen and oxygen atoms in total. The third-order valence-electron chi connectivity index (χ3n) is 6.71. The van der Waals surface area contributed by atoms with Crippen molar-refractivity contribution in [1.29, 1.82) is 0 Å². The Morgan fingerprint density at radius 3 is 1.92 bits per heavy atom. The third kappa shape index (κ3) is 5.17. The normalized spacial score (nSPS) is 11.5. The van der Waals surface area contributed by atoms with Crippen LogP contribution in [0.25, 0.3) is 11.2 Å². The fourth-order valence-corrected chi connectivity index (χ4v) is 4.83. The highest BCUT2D eigenvalue weighted by Crippen LogP contribution is 2.19. The molecule has 0 bridgehead atoms. The van der Waals surface area contributed by atoms with Crippen molar-refractivity contribution in [3.63, 3.8) is 0 Å². The van der Waals surface area contributed by atoms with Gasteiger partial charge in [0.1, 0.15) is 5.82 Å². The Bertz CT molecular complexity index is 1610. The lowest BCUT2D eigenvalue weighted by atomic mass is 10.1. The Hall–Kier alpha value is -4.23. The Kier molecular flexibility index (Phi) is 6.88. The van der Waals surface area contributed by atoms with Crippen LogP contribution >= 0.6 is 0 Å². The average molecular weight is 494 g/mol. The van der Waals surface area contributed by atoms with E-state index >= 15 is 0 Å². The zero-order valence-corrected chi connectivity index (χ0v) is 21.5. The van der Waals surface area contributed by atoms with Gasteiger partial charge in [-0.05, 0) is 23.6 Å². The molecule has 0 radical (unpaired) electrons. The Morgan fingerprint density at radius 2 is 1.32 bits per heavy atom.